The SMILES string of the molecule is CCN(CC)c1ccc2nc3c4ccccc4c(=NCCCCCCN=[N+]=[N-])cc-3sc2c1. The largest absolute Gasteiger partial charge is 0.372 e. The standard InChI is InChI=1S/C26H30N6S/c1-3-32(4-2)19-13-14-22-24(17-19)33-25-18-23(28-15-9-5-6-10-16-29-31-27)20-11-7-8-12-21(20)26(25)30-22/h7-8,11-14,17-18H,3-6,9-10,15-16H2,1-2H3. The molecule has 1 heterocycles. The van der Waals surface area contributed by atoms with Gasteiger partial charge >= 0.3 is 0 Å². The van der Waals surface area contributed by atoms with Crippen LogP contribution in [0.4, 0.5) is 5.69 Å². The number of aromatic nitrogens is 1. The maximum absolute atomic E-state index is 8.35. The summed E-state index contributed by atoms with van der Waals surface area (Å²) >= 11 is 1.80. The Morgan fingerprint density at radius 2 is 1.70 bits per heavy atom. The fourth-order valence-corrected chi connectivity index (χ4v) is 5.29. The maximum atomic E-state index is 8.35. The number of unbranched alkanes of at least 4 members (excludes halogenated alkanes) is 3. The summed E-state index contributed by atoms with van der Waals surface area (Å²) in [6.07, 6.45) is 4.15. The molecule has 0 saturated heterocycles. The van der Waals surface area contributed by atoms with E-state index in [1.807, 2.05) is 0 Å². The number of anilines is 1. The normalized spacial score (nSPS) is 11.9. The van der Waals surface area contributed by atoms with Gasteiger partial charge in [-0.05, 0) is 56.5 Å². The Labute approximate surface area is 198 Å². The summed E-state index contributed by atoms with van der Waals surface area (Å²) in [7, 11) is 0. The highest BCUT2D eigenvalue weighted by molar-refractivity contribution is 7.21. The van der Waals surface area contributed by atoms with Gasteiger partial charge in [-0.25, -0.2) is 4.98 Å². The van der Waals surface area contributed by atoms with Crippen molar-refractivity contribution in [1.29, 1.82) is 0 Å². The number of fused-ring (bicyclic) bond motifs is 4. The Balaban J connectivity index is 1.68. The summed E-state index contributed by atoms with van der Waals surface area (Å²) in [5.41, 5.74) is 11.7. The summed E-state index contributed by atoms with van der Waals surface area (Å²) in [5, 5.41) is 6.96. The first kappa shape index (κ1) is 23.0. The van der Waals surface area contributed by atoms with Crippen molar-refractivity contribution >= 4 is 38.0 Å². The fourth-order valence-electron chi connectivity index (χ4n) is 4.23. The summed E-state index contributed by atoms with van der Waals surface area (Å²) < 4.78 is 1.20. The van der Waals surface area contributed by atoms with Crippen LogP contribution >= 0.6 is 11.3 Å². The molecule has 6 nitrogen and oxygen atoms in total. The molecule has 0 amide bonds. The van der Waals surface area contributed by atoms with Crippen LogP contribution in [0.2, 0.25) is 0 Å². The number of hydrogen-bond donors (Lipinski definition) is 0. The first-order valence-corrected chi connectivity index (χ1v) is 12.6. The zero-order valence-electron chi connectivity index (χ0n) is 19.4. The summed E-state index contributed by atoms with van der Waals surface area (Å²) in [4.78, 5) is 16.4. The Hall–Kier alpha value is -3.15. The van der Waals surface area contributed by atoms with E-state index in [4.69, 9.17) is 15.5 Å². The Morgan fingerprint density at radius 3 is 2.45 bits per heavy atom. The molecule has 0 saturated carbocycles. The van der Waals surface area contributed by atoms with Crippen LogP contribution in [0, 0.1) is 0 Å². The predicted octanol–water partition coefficient (Wildman–Crippen LogP) is 7.17. The number of benzene rings is 3. The van der Waals surface area contributed by atoms with Crippen LogP contribution < -0.4 is 10.3 Å². The van der Waals surface area contributed by atoms with Crippen LogP contribution in [0.1, 0.15) is 39.5 Å². The molecular weight excluding hydrogens is 428 g/mol. The lowest BCUT2D eigenvalue weighted by atomic mass is 10.1. The molecule has 0 unspecified atom stereocenters. The topological polar surface area (TPSA) is 77.2 Å². The molecule has 0 N–H and O–H groups in total. The third-order valence-corrected chi connectivity index (χ3v) is 7.07. The highest BCUT2D eigenvalue weighted by Gasteiger charge is 2.14. The molecule has 2 aromatic carbocycles. The van der Waals surface area contributed by atoms with Crippen LogP contribution in [-0.2, 0) is 0 Å². The second-order valence-corrected chi connectivity index (χ2v) is 9.16. The van der Waals surface area contributed by atoms with Gasteiger partial charge in [0.05, 0.1) is 26.1 Å². The zero-order chi connectivity index (χ0) is 23.0. The van der Waals surface area contributed by atoms with E-state index in [9.17, 15) is 0 Å². The molecule has 2 aromatic rings. The number of nitrogens with zero attached hydrogens (tertiary/aromatic N) is 6. The lowest BCUT2D eigenvalue weighted by Gasteiger charge is -2.21. The molecule has 0 spiro atoms. The van der Waals surface area contributed by atoms with E-state index in [1.165, 1.54) is 15.3 Å². The van der Waals surface area contributed by atoms with Gasteiger partial charge in [-0.1, -0.05) is 42.2 Å². The van der Waals surface area contributed by atoms with E-state index >= 15 is 0 Å². The van der Waals surface area contributed by atoms with Gasteiger partial charge in [-0.2, -0.15) is 0 Å². The zero-order valence-corrected chi connectivity index (χ0v) is 20.2. The van der Waals surface area contributed by atoms with Gasteiger partial charge in [0.25, 0.3) is 0 Å². The van der Waals surface area contributed by atoms with Gasteiger partial charge in [0.2, 0.25) is 0 Å². The van der Waals surface area contributed by atoms with Gasteiger partial charge in [0, 0.05) is 47.6 Å². The first-order chi connectivity index (χ1) is 16.2. The van der Waals surface area contributed by atoms with Gasteiger partial charge in [0.15, 0.2) is 0 Å². The third kappa shape index (κ3) is 5.27. The van der Waals surface area contributed by atoms with E-state index in [0.717, 1.165) is 72.7 Å². The molecule has 2 aliphatic rings. The highest BCUT2D eigenvalue weighted by atomic mass is 32.1. The number of hydrogen-bond acceptors (Lipinski definition) is 5. The Bertz CT molecular complexity index is 1320. The van der Waals surface area contributed by atoms with E-state index in [2.05, 4.69) is 77.3 Å². The lowest BCUT2D eigenvalue weighted by Crippen LogP contribution is -2.21. The van der Waals surface area contributed by atoms with Crippen molar-refractivity contribution in [2.75, 3.05) is 31.1 Å². The van der Waals surface area contributed by atoms with Crippen molar-refractivity contribution in [3.8, 4) is 10.6 Å². The van der Waals surface area contributed by atoms with Crippen molar-refractivity contribution < 1.29 is 0 Å². The second-order valence-electron chi connectivity index (χ2n) is 8.08. The van der Waals surface area contributed by atoms with Gasteiger partial charge < -0.3 is 4.90 Å². The lowest BCUT2D eigenvalue weighted by molar-refractivity contribution is 0.649. The molecule has 7 heteroatoms. The van der Waals surface area contributed by atoms with Crippen LogP contribution in [-0.4, -0.2) is 31.2 Å². The van der Waals surface area contributed by atoms with Crippen LogP contribution in [0.5, 0.6) is 0 Å². The van der Waals surface area contributed by atoms with Crippen molar-refractivity contribution in [2.45, 2.75) is 39.5 Å². The van der Waals surface area contributed by atoms with Crippen molar-refractivity contribution in [2.24, 2.45) is 10.1 Å². The van der Waals surface area contributed by atoms with Gasteiger partial charge in [-0.15, -0.1) is 11.3 Å². The predicted molar refractivity (Wildman–Crippen MR) is 140 cm³/mol. The minimum Gasteiger partial charge on any atom is -0.372 e. The molecule has 0 bridgehead atoms. The molecule has 1 aliphatic heterocycles. The molecule has 170 valence electrons. The summed E-state index contributed by atoms with van der Waals surface area (Å²) in [5.74, 6) is 0. The Morgan fingerprint density at radius 1 is 0.939 bits per heavy atom. The van der Waals surface area contributed by atoms with Crippen LogP contribution in [0.15, 0.2) is 58.6 Å². The molecule has 0 radical (unpaired) electrons. The monoisotopic (exact) mass is 458 g/mol. The van der Waals surface area contributed by atoms with E-state index < -0.39 is 0 Å². The third-order valence-electron chi connectivity index (χ3n) is 6.00. The number of rotatable bonds is 10. The molecule has 0 atom stereocenters. The van der Waals surface area contributed by atoms with Crippen molar-refractivity contribution in [1.82, 2.24) is 4.98 Å². The molecule has 4 rings (SSSR count). The average molecular weight is 459 g/mol. The maximum Gasteiger partial charge on any atom is 0.0889 e. The van der Waals surface area contributed by atoms with Crippen molar-refractivity contribution in [3.05, 3.63) is 64.3 Å². The van der Waals surface area contributed by atoms with E-state index in [1.54, 1.807) is 11.3 Å². The quantitative estimate of drug-likeness (QED) is 0.0630. The molecule has 0 fully saturated rings. The summed E-state index contributed by atoms with van der Waals surface area (Å²) in [6, 6.07) is 17.3. The van der Waals surface area contributed by atoms with E-state index in [0.29, 0.717) is 6.54 Å². The smallest absolute Gasteiger partial charge is 0.0889 e. The molecule has 1 aliphatic carbocycles. The fraction of sp³-hybridized carbons (Fsp3) is 0.385. The molecular formula is C26H30N6S. The van der Waals surface area contributed by atoms with Crippen LogP contribution in [0.25, 0.3) is 42.0 Å². The molecule has 33 heavy (non-hydrogen) atoms. The second kappa shape index (κ2) is 11.1. The minimum atomic E-state index is 0.585. The van der Waals surface area contributed by atoms with E-state index in [-0.39, 0.29) is 0 Å². The van der Waals surface area contributed by atoms with Crippen LogP contribution in [0.3, 0.4) is 0 Å². The van der Waals surface area contributed by atoms with Crippen molar-refractivity contribution in [3.63, 3.8) is 0 Å². The average Bonchev–Trinajstić information content (AvgIpc) is 2.85. The molecule has 0 aromatic heterocycles. The van der Waals surface area contributed by atoms with Gasteiger partial charge in [-0.3, -0.25) is 4.99 Å². The minimum absolute atomic E-state index is 0.585. The first-order valence-electron chi connectivity index (χ1n) is 11.8. The number of azide groups is 1. The highest BCUT2D eigenvalue weighted by Crippen LogP contribution is 2.35. The summed E-state index contributed by atoms with van der Waals surface area (Å²) in [6.45, 7) is 7.75. The van der Waals surface area contributed by atoms with Gasteiger partial charge in [0.1, 0.15) is 0 Å². The Kier molecular flexibility index (Phi) is 7.76.